The summed E-state index contributed by atoms with van der Waals surface area (Å²) in [7, 11) is 0. The number of hydrogen-bond acceptors (Lipinski definition) is 2. The second-order valence-electron chi connectivity index (χ2n) is 4.37. The Morgan fingerprint density at radius 2 is 1.74 bits per heavy atom. The maximum absolute atomic E-state index is 11.2. The van der Waals surface area contributed by atoms with Crippen LogP contribution in [0.15, 0.2) is 40.9 Å². The van der Waals surface area contributed by atoms with Crippen LogP contribution in [-0.2, 0) is 0 Å². The molecule has 0 aliphatic rings. The molecule has 0 spiro atoms. The molecule has 19 heavy (non-hydrogen) atoms. The fourth-order valence-corrected chi connectivity index (χ4v) is 2.22. The van der Waals surface area contributed by atoms with Gasteiger partial charge in [-0.2, -0.15) is 0 Å². The van der Waals surface area contributed by atoms with E-state index in [4.69, 9.17) is 9.84 Å². The van der Waals surface area contributed by atoms with Crippen molar-refractivity contribution < 1.29 is 14.6 Å². The van der Waals surface area contributed by atoms with Gasteiger partial charge in [0, 0.05) is 4.47 Å². The van der Waals surface area contributed by atoms with E-state index in [0.29, 0.717) is 11.5 Å². The van der Waals surface area contributed by atoms with Crippen molar-refractivity contribution >= 4 is 21.9 Å². The zero-order valence-corrected chi connectivity index (χ0v) is 12.2. The number of ether oxygens (including phenoxy) is 1. The molecule has 0 radical (unpaired) electrons. The minimum absolute atomic E-state index is 0.141. The molecule has 3 nitrogen and oxygen atoms in total. The smallest absolute Gasteiger partial charge is 0.339 e. The van der Waals surface area contributed by atoms with Gasteiger partial charge in [-0.05, 0) is 55.3 Å². The van der Waals surface area contributed by atoms with Gasteiger partial charge in [-0.25, -0.2) is 4.79 Å². The lowest BCUT2D eigenvalue weighted by atomic mass is 10.1. The van der Waals surface area contributed by atoms with Gasteiger partial charge in [0.25, 0.3) is 0 Å². The van der Waals surface area contributed by atoms with Crippen LogP contribution in [0.4, 0.5) is 0 Å². The lowest BCUT2D eigenvalue weighted by Gasteiger charge is -2.10. The highest BCUT2D eigenvalue weighted by Crippen LogP contribution is 2.29. The molecular weight excluding hydrogens is 308 g/mol. The van der Waals surface area contributed by atoms with E-state index in [-0.39, 0.29) is 5.56 Å². The normalized spacial score (nSPS) is 10.3. The predicted molar refractivity (Wildman–Crippen MR) is 77.1 cm³/mol. The lowest BCUT2D eigenvalue weighted by Crippen LogP contribution is -2.00. The van der Waals surface area contributed by atoms with Crippen LogP contribution in [0, 0.1) is 13.8 Å². The first-order valence-corrected chi connectivity index (χ1v) is 6.54. The van der Waals surface area contributed by atoms with Gasteiger partial charge in [0.2, 0.25) is 0 Å². The van der Waals surface area contributed by atoms with Gasteiger partial charge in [0.15, 0.2) is 0 Å². The summed E-state index contributed by atoms with van der Waals surface area (Å²) >= 11 is 3.31. The molecule has 0 saturated carbocycles. The first kappa shape index (κ1) is 13.6. The SMILES string of the molecule is Cc1cc(C)cc(Oc2cc(Br)ccc2C(=O)O)c1. The minimum Gasteiger partial charge on any atom is -0.478 e. The van der Waals surface area contributed by atoms with Crippen LogP contribution in [0.25, 0.3) is 0 Å². The van der Waals surface area contributed by atoms with Crippen LogP contribution in [0.2, 0.25) is 0 Å². The van der Waals surface area contributed by atoms with Crippen molar-refractivity contribution in [3.05, 3.63) is 57.6 Å². The minimum atomic E-state index is -1.01. The molecule has 0 saturated heterocycles. The summed E-state index contributed by atoms with van der Waals surface area (Å²) < 4.78 is 6.48. The number of aryl methyl sites for hydroxylation is 2. The van der Waals surface area contributed by atoms with E-state index in [1.165, 1.54) is 6.07 Å². The second-order valence-corrected chi connectivity index (χ2v) is 5.29. The molecule has 0 aliphatic carbocycles. The molecule has 2 rings (SSSR count). The summed E-state index contributed by atoms with van der Waals surface area (Å²) in [5, 5.41) is 9.15. The van der Waals surface area contributed by atoms with Crippen molar-refractivity contribution in [1.29, 1.82) is 0 Å². The Bertz CT molecular complexity index is 615. The number of carbonyl (C=O) groups is 1. The summed E-state index contributed by atoms with van der Waals surface area (Å²) in [5.74, 6) is -0.0446. The molecule has 4 heteroatoms. The number of benzene rings is 2. The molecule has 0 aromatic heterocycles. The molecule has 98 valence electrons. The maximum Gasteiger partial charge on any atom is 0.339 e. The molecule has 0 amide bonds. The van der Waals surface area contributed by atoms with Gasteiger partial charge in [0.1, 0.15) is 17.1 Å². The van der Waals surface area contributed by atoms with Crippen LogP contribution in [0.5, 0.6) is 11.5 Å². The first-order chi connectivity index (χ1) is 8.95. The Morgan fingerprint density at radius 1 is 1.11 bits per heavy atom. The monoisotopic (exact) mass is 320 g/mol. The highest BCUT2D eigenvalue weighted by molar-refractivity contribution is 9.10. The highest BCUT2D eigenvalue weighted by atomic mass is 79.9. The van der Waals surface area contributed by atoms with Gasteiger partial charge in [-0.15, -0.1) is 0 Å². The Hall–Kier alpha value is -1.81. The van der Waals surface area contributed by atoms with Gasteiger partial charge in [-0.1, -0.05) is 22.0 Å². The van der Waals surface area contributed by atoms with Crippen LogP contribution >= 0.6 is 15.9 Å². The number of hydrogen-bond donors (Lipinski definition) is 1. The third kappa shape index (κ3) is 3.35. The van der Waals surface area contributed by atoms with E-state index >= 15 is 0 Å². The molecule has 0 unspecified atom stereocenters. The van der Waals surface area contributed by atoms with Crippen LogP contribution in [0.1, 0.15) is 21.5 Å². The number of halogens is 1. The average molecular weight is 321 g/mol. The van der Waals surface area contributed by atoms with Gasteiger partial charge in [0.05, 0.1) is 0 Å². The number of carboxylic acids is 1. The molecule has 0 heterocycles. The first-order valence-electron chi connectivity index (χ1n) is 5.75. The third-order valence-electron chi connectivity index (χ3n) is 2.60. The molecule has 0 atom stereocenters. The molecule has 1 N–H and O–H groups in total. The number of aromatic carboxylic acids is 1. The predicted octanol–water partition coefficient (Wildman–Crippen LogP) is 4.56. The van der Waals surface area contributed by atoms with E-state index in [9.17, 15) is 4.79 Å². The van der Waals surface area contributed by atoms with Crippen LogP contribution < -0.4 is 4.74 Å². The standard InChI is InChI=1S/C15H13BrO3/c1-9-5-10(2)7-12(6-9)19-14-8-11(16)3-4-13(14)15(17)18/h3-8H,1-2H3,(H,17,18). The topological polar surface area (TPSA) is 46.5 Å². The summed E-state index contributed by atoms with van der Waals surface area (Å²) in [6.45, 7) is 3.94. The molecule has 2 aromatic carbocycles. The largest absolute Gasteiger partial charge is 0.478 e. The fourth-order valence-electron chi connectivity index (χ4n) is 1.88. The number of carboxylic acid groups (broad SMARTS) is 1. The molecule has 0 fully saturated rings. The molecule has 0 bridgehead atoms. The van der Waals surface area contributed by atoms with E-state index in [1.54, 1.807) is 12.1 Å². The van der Waals surface area contributed by atoms with Crippen molar-refractivity contribution in [1.82, 2.24) is 0 Å². The number of rotatable bonds is 3. The Morgan fingerprint density at radius 3 is 2.32 bits per heavy atom. The zero-order chi connectivity index (χ0) is 14.0. The van der Waals surface area contributed by atoms with Crippen molar-refractivity contribution in [2.75, 3.05) is 0 Å². The highest BCUT2D eigenvalue weighted by Gasteiger charge is 2.12. The Labute approximate surface area is 120 Å². The molecular formula is C15H13BrO3. The van der Waals surface area contributed by atoms with Crippen molar-refractivity contribution in [3.8, 4) is 11.5 Å². The summed E-state index contributed by atoms with van der Waals surface area (Å²) in [5.41, 5.74) is 2.28. The van der Waals surface area contributed by atoms with E-state index in [1.807, 2.05) is 32.0 Å². The zero-order valence-electron chi connectivity index (χ0n) is 10.6. The summed E-state index contributed by atoms with van der Waals surface area (Å²) in [6.07, 6.45) is 0. The summed E-state index contributed by atoms with van der Waals surface area (Å²) in [4.78, 5) is 11.2. The quantitative estimate of drug-likeness (QED) is 0.902. The van der Waals surface area contributed by atoms with Crippen molar-refractivity contribution in [3.63, 3.8) is 0 Å². The van der Waals surface area contributed by atoms with E-state index in [2.05, 4.69) is 15.9 Å². The van der Waals surface area contributed by atoms with Crippen LogP contribution in [0.3, 0.4) is 0 Å². The van der Waals surface area contributed by atoms with Gasteiger partial charge in [-0.3, -0.25) is 0 Å². The average Bonchev–Trinajstić information content (AvgIpc) is 2.26. The van der Waals surface area contributed by atoms with Crippen molar-refractivity contribution in [2.45, 2.75) is 13.8 Å². The molecule has 2 aromatic rings. The maximum atomic E-state index is 11.2. The Kier molecular flexibility index (Phi) is 3.90. The molecule has 0 aliphatic heterocycles. The van der Waals surface area contributed by atoms with E-state index < -0.39 is 5.97 Å². The Balaban J connectivity index is 2.42. The third-order valence-corrected chi connectivity index (χ3v) is 3.09. The van der Waals surface area contributed by atoms with Gasteiger partial charge < -0.3 is 9.84 Å². The second kappa shape index (κ2) is 5.45. The fraction of sp³-hybridized carbons (Fsp3) is 0.133. The summed E-state index contributed by atoms with van der Waals surface area (Å²) in [6, 6.07) is 10.6. The lowest BCUT2D eigenvalue weighted by molar-refractivity contribution is 0.0694. The van der Waals surface area contributed by atoms with Crippen LogP contribution in [-0.4, -0.2) is 11.1 Å². The van der Waals surface area contributed by atoms with E-state index in [0.717, 1.165) is 15.6 Å². The van der Waals surface area contributed by atoms with Gasteiger partial charge >= 0.3 is 5.97 Å². The van der Waals surface area contributed by atoms with Crippen molar-refractivity contribution in [2.24, 2.45) is 0 Å².